The van der Waals surface area contributed by atoms with Crippen molar-refractivity contribution in [1.82, 2.24) is 8.80 Å². The zero-order valence-electron chi connectivity index (χ0n) is 74.4. The molecule has 4 heteroatoms. The Labute approximate surface area is 541 Å². The van der Waals surface area contributed by atoms with Crippen LogP contribution in [-0.2, 0) is 10.8 Å². The molecule has 15 aromatic rings. The van der Waals surface area contributed by atoms with Crippen molar-refractivity contribution >= 4 is 110 Å². The first-order valence-corrected chi connectivity index (χ1v) is 29.7. The fourth-order valence-corrected chi connectivity index (χ4v) is 16.4. The van der Waals surface area contributed by atoms with Crippen molar-refractivity contribution in [3.8, 4) is 22.3 Å². The number of rotatable bonds is 10. The summed E-state index contributed by atoms with van der Waals surface area (Å²) in [6.07, 6.45) is 11.4. The zero-order chi connectivity index (χ0) is 80.6. The van der Waals surface area contributed by atoms with E-state index in [0.29, 0.717) is 88.0 Å². The predicted molar refractivity (Wildman–Crippen MR) is 362 cm³/mol. The number of benzene rings is 11. The van der Waals surface area contributed by atoms with Crippen LogP contribution < -0.4 is 9.80 Å². The predicted octanol–water partition coefficient (Wildman–Crippen LogP) is 22.7. The number of fused-ring (bicyclic) bond motifs is 18. The molecule has 4 nitrogen and oxygen atoms in total. The molecule has 4 bridgehead atoms. The highest BCUT2D eigenvalue weighted by molar-refractivity contribution is 6.32. The molecule has 0 amide bonds. The van der Waals surface area contributed by atoms with Gasteiger partial charge in [0.15, 0.2) is 0 Å². The van der Waals surface area contributed by atoms with Crippen molar-refractivity contribution < 1.29 is 38.4 Å². The van der Waals surface area contributed by atoms with Gasteiger partial charge in [-0.3, -0.25) is 0 Å². The molecular weight excluding hydrogens is 1040 g/mol. The van der Waals surface area contributed by atoms with Gasteiger partial charge < -0.3 is 18.6 Å². The lowest BCUT2D eigenvalue weighted by Crippen LogP contribution is -2.37. The Morgan fingerprint density at radius 3 is 1.08 bits per heavy atom. The number of aromatic nitrogens is 2. The highest BCUT2D eigenvalue weighted by atomic mass is 15.2. The van der Waals surface area contributed by atoms with E-state index in [1.54, 1.807) is 24.3 Å². The van der Waals surface area contributed by atoms with Crippen LogP contribution in [0.1, 0.15) is 127 Å². The average molecular weight is 1140 g/mol. The van der Waals surface area contributed by atoms with Crippen LogP contribution in [0.25, 0.3) is 98.4 Å². The molecule has 0 N–H and O–H groups in total. The summed E-state index contributed by atoms with van der Waals surface area (Å²) in [6, 6.07) is 0.502. The number of nitrogens with zero attached hydrogens (tertiary/aromatic N) is 4. The van der Waals surface area contributed by atoms with E-state index in [2.05, 4.69) is 33.1 Å². The van der Waals surface area contributed by atoms with Crippen molar-refractivity contribution in [2.75, 3.05) is 9.80 Å². The molecule has 6 aliphatic carbocycles. The van der Waals surface area contributed by atoms with Crippen LogP contribution in [0.15, 0.2) is 242 Å². The largest absolute Gasteiger partial charge is 0.309 e. The summed E-state index contributed by atoms with van der Waals surface area (Å²) in [4.78, 5) is 2.34. The Kier molecular flexibility index (Phi) is 6.29. The van der Waals surface area contributed by atoms with E-state index in [9.17, 15) is 24.7 Å². The molecule has 6 fully saturated rings. The van der Waals surface area contributed by atoms with Gasteiger partial charge in [0.1, 0.15) is 0 Å². The maximum absolute atomic E-state index is 10.0. The number of para-hydroxylation sites is 4. The lowest BCUT2D eigenvalue weighted by molar-refractivity contribution is 0.136. The highest BCUT2D eigenvalue weighted by Gasteiger charge is 2.43. The molecule has 86 heavy (non-hydrogen) atoms. The van der Waals surface area contributed by atoms with Gasteiger partial charge in [0.2, 0.25) is 0 Å². The standard InChI is InChI=1S/C82H66N4/c1-5-17-55(18-6-1)61-25-13-15-27-69(61)83(59-21-9-3-10-22-59)73-35-31-63-65-51-76-66(52-75(65)85-71-33-29-57(49-67(71)77(73)79(63)85)81-43-37-53(38-44-81)39-45-81)64-32-36-74(84(60-23-11-4-12-24-60)70-28-16-14-26-62(70)56-19-7-2-8-20-56)78-68-50-58(30-34-72(68)86(76)80(64)78)82-46-40-54(41-47-82)42-48-82/h1-36,49-54H,37-48H2/i1D,2D,3D,4D,5D,6D,7D,8D,9D,10D,11D,12D,13D,14D,15D,16D,17D,18D,19D,20D,21D,22D,23D,24D,25D,26D,27D,28D. The third-order valence-electron chi connectivity index (χ3n) is 20.5. The third kappa shape index (κ3) is 6.99. The fraction of sp³-hybridized carbons (Fsp3) is 0.195. The van der Waals surface area contributed by atoms with Crippen molar-refractivity contribution in [2.24, 2.45) is 11.8 Å². The zero-order valence-corrected chi connectivity index (χ0v) is 46.4. The molecule has 0 unspecified atom stereocenters. The molecule has 0 spiro atoms. The topological polar surface area (TPSA) is 15.3 Å². The first-order valence-electron chi connectivity index (χ1n) is 43.7. The van der Waals surface area contributed by atoms with Gasteiger partial charge in [-0.15, -0.1) is 0 Å². The summed E-state index contributed by atoms with van der Waals surface area (Å²) in [6.45, 7) is 0. The molecule has 6 saturated carbocycles. The summed E-state index contributed by atoms with van der Waals surface area (Å²) in [7, 11) is 0. The number of hydrogen-bond acceptors (Lipinski definition) is 2. The molecule has 4 heterocycles. The summed E-state index contributed by atoms with van der Waals surface area (Å²) in [5.41, 5.74) is 0.297. The van der Waals surface area contributed by atoms with E-state index in [1.165, 1.54) is 9.80 Å². The Balaban J connectivity index is 0.968. The molecule has 4 aromatic heterocycles. The van der Waals surface area contributed by atoms with E-state index in [4.69, 9.17) is 13.7 Å². The van der Waals surface area contributed by atoms with Crippen molar-refractivity contribution in [1.29, 1.82) is 0 Å². The minimum absolute atomic E-state index is 0.0383. The highest BCUT2D eigenvalue weighted by Crippen LogP contribution is 2.57. The van der Waals surface area contributed by atoms with Gasteiger partial charge in [-0.25, -0.2) is 0 Å². The van der Waals surface area contributed by atoms with Gasteiger partial charge in [-0.1, -0.05) is 157 Å². The normalized spacial score (nSPS) is 24.9. The average Bonchev–Trinajstić information content (AvgIpc) is 1.50. The van der Waals surface area contributed by atoms with Gasteiger partial charge in [-0.2, -0.15) is 0 Å². The van der Waals surface area contributed by atoms with E-state index in [-0.39, 0.29) is 22.2 Å². The molecule has 0 atom stereocenters. The minimum Gasteiger partial charge on any atom is -0.309 e. The van der Waals surface area contributed by atoms with E-state index in [0.717, 1.165) is 88.2 Å². The molecule has 0 aliphatic heterocycles. The van der Waals surface area contributed by atoms with E-state index >= 15 is 0 Å². The number of anilines is 6. The van der Waals surface area contributed by atoms with Gasteiger partial charge >= 0.3 is 0 Å². The number of hydrogen-bond donors (Lipinski definition) is 0. The van der Waals surface area contributed by atoms with Crippen molar-refractivity contribution in [2.45, 2.75) is 87.9 Å². The first kappa shape index (κ1) is 29.1. The van der Waals surface area contributed by atoms with Crippen LogP contribution in [0.3, 0.4) is 0 Å². The SMILES string of the molecule is [2H]c1c([2H])c([2H])c(-c2c([2H])c([2H])c([2H])c([2H])c2N(c2c([2H])c([2H])c([2H])c([2H])c2[2H])c2ccc3c4cc5c(cc4n4c6ccc(C78CCC(CC7)CC8)cc6c2c34)c2ccc(N(c3c([2H])c([2H])c([2H])c([2H])c3[2H])c3c([2H])c([2H])c([2H])c([2H])c3-c3c([2H])c([2H])c([2H])c([2H])c3[2H])c3c4cc(C67CCC(CC6)CC7)ccc4n5c23)c([2H])c1[2H]. The van der Waals surface area contributed by atoms with Gasteiger partial charge in [-0.05, 0) is 207 Å². The van der Waals surface area contributed by atoms with Crippen LogP contribution in [0.2, 0.25) is 0 Å². The lowest BCUT2D eigenvalue weighted by Gasteiger charge is -2.47. The van der Waals surface area contributed by atoms with Crippen LogP contribution in [0.5, 0.6) is 0 Å². The molecule has 11 aromatic carbocycles. The lowest BCUT2D eigenvalue weighted by atomic mass is 9.58. The molecule has 0 saturated heterocycles. The minimum atomic E-state index is -0.849. The fourth-order valence-electron chi connectivity index (χ4n) is 16.4. The van der Waals surface area contributed by atoms with Crippen molar-refractivity contribution in [3.63, 3.8) is 0 Å². The summed E-state index contributed by atoms with van der Waals surface area (Å²) in [5, 5.41) is 4.47. The first-order chi connectivity index (χ1) is 54.2. The molecular formula is C82H66N4. The van der Waals surface area contributed by atoms with Crippen LogP contribution in [-0.4, -0.2) is 8.80 Å². The quantitative estimate of drug-likeness (QED) is 0.136. The Bertz CT molecular complexity index is 6350. The summed E-state index contributed by atoms with van der Waals surface area (Å²) >= 11 is 0. The van der Waals surface area contributed by atoms with Crippen molar-refractivity contribution in [3.05, 3.63) is 253 Å². The Morgan fingerprint density at radius 1 is 0.326 bits per heavy atom. The maximum Gasteiger partial charge on any atom is 0.0645 e. The smallest absolute Gasteiger partial charge is 0.0645 e. The second-order valence-corrected chi connectivity index (χ2v) is 24.3. The van der Waals surface area contributed by atoms with Gasteiger partial charge in [0.05, 0.1) is 94.2 Å². The monoisotopic (exact) mass is 1130 g/mol. The molecule has 21 rings (SSSR count). The second-order valence-electron chi connectivity index (χ2n) is 24.3. The van der Waals surface area contributed by atoms with Gasteiger partial charge in [0.25, 0.3) is 0 Å². The van der Waals surface area contributed by atoms with E-state index in [1.807, 2.05) is 24.3 Å². The van der Waals surface area contributed by atoms with Gasteiger partial charge in [0, 0.05) is 65.6 Å². The van der Waals surface area contributed by atoms with Crippen LogP contribution >= 0.6 is 0 Å². The molecule has 6 aliphatic rings. The molecule has 414 valence electrons. The second kappa shape index (κ2) is 18.6. The summed E-state index contributed by atoms with van der Waals surface area (Å²) < 4.78 is 265. The van der Waals surface area contributed by atoms with Crippen LogP contribution in [0.4, 0.5) is 34.1 Å². The van der Waals surface area contributed by atoms with Crippen LogP contribution in [0, 0.1) is 11.8 Å². The molecule has 0 radical (unpaired) electrons. The third-order valence-corrected chi connectivity index (χ3v) is 20.5. The maximum atomic E-state index is 10.0. The Morgan fingerprint density at radius 2 is 0.686 bits per heavy atom. The van der Waals surface area contributed by atoms with E-state index < -0.39 is 214 Å². The summed E-state index contributed by atoms with van der Waals surface area (Å²) in [5.74, 6) is 1.16. The Hall–Kier alpha value is -9.38.